The Labute approximate surface area is 204 Å². The molecule has 182 valence electrons. The summed E-state index contributed by atoms with van der Waals surface area (Å²) >= 11 is 0. The van der Waals surface area contributed by atoms with E-state index < -0.39 is 23.1 Å². The van der Waals surface area contributed by atoms with Gasteiger partial charge in [-0.15, -0.1) is 0 Å². The fourth-order valence-corrected chi connectivity index (χ4v) is 6.66. The van der Waals surface area contributed by atoms with Crippen LogP contribution < -0.4 is 5.32 Å². The number of carbonyl (C=O) groups is 3. The molecule has 0 aromatic heterocycles. The summed E-state index contributed by atoms with van der Waals surface area (Å²) in [5.41, 5.74) is 2.36. The molecule has 2 N–H and O–H groups in total. The highest BCUT2D eigenvalue weighted by atomic mass is 16.5. The standard InChI is InChI=1S/C28H30N2O5/c31-24(30-16-18-10-14-28(30,15-11-18)25(32)33)27(12-5-13-27)29-26(34)35-17-23-21-8-3-1-6-19(21)20-7-2-4-9-22(20)23/h1-4,6-9,18,23H,5,10-17H2,(H,29,34)(H,32,33). The van der Waals surface area contributed by atoms with Crippen LogP contribution in [0.15, 0.2) is 48.5 Å². The molecule has 2 saturated heterocycles. The minimum atomic E-state index is -1.14. The molecule has 2 aromatic carbocycles. The lowest BCUT2D eigenvalue weighted by atomic mass is 9.67. The number of ether oxygens (including phenoxy) is 1. The third-order valence-corrected chi connectivity index (χ3v) is 8.83. The Morgan fingerprint density at radius 3 is 2.09 bits per heavy atom. The topological polar surface area (TPSA) is 95.9 Å². The van der Waals surface area contributed by atoms with E-state index in [1.807, 2.05) is 24.3 Å². The summed E-state index contributed by atoms with van der Waals surface area (Å²) in [5.74, 6) is -0.912. The zero-order valence-electron chi connectivity index (χ0n) is 19.7. The molecule has 2 aliphatic heterocycles. The molecule has 2 amide bonds. The maximum Gasteiger partial charge on any atom is 0.408 e. The van der Waals surface area contributed by atoms with Gasteiger partial charge in [0, 0.05) is 12.5 Å². The first-order valence-electron chi connectivity index (χ1n) is 12.6. The van der Waals surface area contributed by atoms with E-state index in [9.17, 15) is 19.5 Å². The Bertz CT molecular complexity index is 1150. The summed E-state index contributed by atoms with van der Waals surface area (Å²) < 4.78 is 5.71. The average molecular weight is 475 g/mol. The first-order chi connectivity index (χ1) is 16.9. The maximum absolute atomic E-state index is 13.7. The van der Waals surface area contributed by atoms with Gasteiger partial charge in [0.1, 0.15) is 17.7 Å². The van der Waals surface area contributed by atoms with Crippen molar-refractivity contribution in [2.45, 2.75) is 61.9 Å². The van der Waals surface area contributed by atoms with E-state index in [-0.39, 0.29) is 18.4 Å². The van der Waals surface area contributed by atoms with Crippen LogP contribution in [0.1, 0.15) is 62.0 Å². The molecule has 35 heavy (non-hydrogen) atoms. The van der Waals surface area contributed by atoms with Crippen molar-refractivity contribution in [2.24, 2.45) is 5.92 Å². The van der Waals surface area contributed by atoms with Gasteiger partial charge in [0.15, 0.2) is 0 Å². The number of hydrogen-bond donors (Lipinski definition) is 2. The van der Waals surface area contributed by atoms with E-state index >= 15 is 0 Å². The highest BCUT2D eigenvalue weighted by Crippen LogP contribution is 2.47. The van der Waals surface area contributed by atoms with Crippen molar-refractivity contribution >= 4 is 18.0 Å². The van der Waals surface area contributed by atoms with Crippen molar-refractivity contribution in [3.63, 3.8) is 0 Å². The molecule has 7 nitrogen and oxygen atoms in total. The highest BCUT2D eigenvalue weighted by Gasteiger charge is 2.58. The largest absolute Gasteiger partial charge is 0.479 e. The fourth-order valence-electron chi connectivity index (χ4n) is 6.66. The van der Waals surface area contributed by atoms with E-state index in [1.54, 1.807) is 4.90 Å². The van der Waals surface area contributed by atoms with Crippen molar-refractivity contribution in [1.82, 2.24) is 10.2 Å². The number of nitrogens with one attached hydrogen (secondary N) is 1. The normalized spacial score (nSPS) is 25.8. The van der Waals surface area contributed by atoms with Gasteiger partial charge in [-0.3, -0.25) is 4.79 Å². The third kappa shape index (κ3) is 3.35. The predicted octanol–water partition coefficient (Wildman–Crippen LogP) is 4.30. The van der Waals surface area contributed by atoms with Crippen molar-refractivity contribution in [2.75, 3.05) is 13.2 Å². The van der Waals surface area contributed by atoms with Gasteiger partial charge in [0.25, 0.3) is 0 Å². The number of carboxylic acids is 1. The van der Waals surface area contributed by atoms with E-state index in [1.165, 1.54) is 0 Å². The second-order valence-electron chi connectivity index (χ2n) is 10.6. The van der Waals surface area contributed by atoms with E-state index in [4.69, 9.17) is 4.74 Å². The van der Waals surface area contributed by atoms with Crippen LogP contribution in [-0.2, 0) is 14.3 Å². The molecule has 4 fully saturated rings. The summed E-state index contributed by atoms with van der Waals surface area (Å²) in [4.78, 5) is 40.5. The molecular weight excluding hydrogens is 444 g/mol. The van der Waals surface area contributed by atoms with Crippen LogP contribution in [0.4, 0.5) is 4.79 Å². The number of carboxylic acid groups (broad SMARTS) is 1. The number of benzene rings is 2. The minimum Gasteiger partial charge on any atom is -0.479 e. The lowest BCUT2D eigenvalue weighted by molar-refractivity contribution is -0.175. The first-order valence-corrected chi connectivity index (χ1v) is 12.6. The van der Waals surface area contributed by atoms with Gasteiger partial charge >= 0.3 is 12.1 Å². The Balaban J connectivity index is 1.17. The van der Waals surface area contributed by atoms with Crippen molar-refractivity contribution in [3.05, 3.63) is 59.7 Å². The monoisotopic (exact) mass is 474 g/mol. The SMILES string of the molecule is O=C(NC1(C(=O)N2CC3CCC2(C(=O)O)CC3)CCC1)OCC1c2ccccc2-c2ccccc21. The highest BCUT2D eigenvalue weighted by molar-refractivity contribution is 5.95. The number of aliphatic carboxylic acids is 1. The first kappa shape index (κ1) is 22.1. The lowest BCUT2D eigenvalue weighted by Gasteiger charge is -2.55. The molecular formula is C28H30N2O5. The molecule has 2 bridgehead atoms. The number of carbonyl (C=O) groups excluding carboxylic acids is 2. The van der Waals surface area contributed by atoms with Gasteiger partial charge in [0.2, 0.25) is 5.91 Å². The third-order valence-electron chi connectivity index (χ3n) is 8.83. The number of amides is 2. The van der Waals surface area contributed by atoms with E-state index in [0.29, 0.717) is 38.1 Å². The lowest BCUT2D eigenvalue weighted by Crippen LogP contribution is -2.72. The molecule has 2 heterocycles. The molecule has 7 heteroatoms. The van der Waals surface area contributed by atoms with Crippen LogP contribution in [0.5, 0.6) is 0 Å². The fraction of sp³-hybridized carbons (Fsp3) is 0.464. The Kier molecular flexibility index (Phi) is 5.13. The summed E-state index contributed by atoms with van der Waals surface area (Å²) in [6.07, 6.45) is 3.85. The van der Waals surface area contributed by atoms with Crippen LogP contribution in [-0.4, -0.2) is 52.2 Å². The van der Waals surface area contributed by atoms with Gasteiger partial charge in [-0.05, 0) is 73.1 Å². The van der Waals surface area contributed by atoms with Crippen LogP contribution >= 0.6 is 0 Å². The van der Waals surface area contributed by atoms with Gasteiger partial charge in [-0.1, -0.05) is 48.5 Å². The van der Waals surface area contributed by atoms with Gasteiger partial charge in [0.05, 0.1) is 0 Å². The zero-order chi connectivity index (χ0) is 24.2. The number of fused-ring (bicyclic) bond motifs is 6. The molecule has 7 rings (SSSR count). The molecule has 0 atom stereocenters. The second kappa shape index (κ2) is 8.11. The van der Waals surface area contributed by atoms with Crippen LogP contribution in [0.25, 0.3) is 11.1 Å². The van der Waals surface area contributed by atoms with Crippen LogP contribution in [0.2, 0.25) is 0 Å². The number of nitrogens with zero attached hydrogens (tertiary/aromatic N) is 1. The summed E-state index contributed by atoms with van der Waals surface area (Å²) in [7, 11) is 0. The number of hydrogen-bond acceptors (Lipinski definition) is 4. The number of piperidine rings is 2. The van der Waals surface area contributed by atoms with Crippen LogP contribution in [0.3, 0.4) is 0 Å². The summed E-state index contributed by atoms with van der Waals surface area (Å²) in [6, 6.07) is 16.3. The van der Waals surface area contributed by atoms with Crippen molar-refractivity contribution in [3.8, 4) is 11.1 Å². The quantitative estimate of drug-likeness (QED) is 0.674. The molecule has 0 radical (unpaired) electrons. The van der Waals surface area contributed by atoms with E-state index in [0.717, 1.165) is 41.5 Å². The molecule has 0 unspecified atom stereocenters. The maximum atomic E-state index is 13.7. The van der Waals surface area contributed by atoms with Gasteiger partial charge in [-0.25, -0.2) is 9.59 Å². The van der Waals surface area contributed by atoms with E-state index in [2.05, 4.69) is 29.6 Å². The molecule has 0 spiro atoms. The number of rotatable bonds is 5. The minimum absolute atomic E-state index is 0.0608. The average Bonchev–Trinajstić information content (AvgIpc) is 3.19. The van der Waals surface area contributed by atoms with Crippen molar-refractivity contribution in [1.29, 1.82) is 0 Å². The zero-order valence-corrected chi connectivity index (χ0v) is 19.7. The summed E-state index contributed by atoms with van der Waals surface area (Å²) in [5, 5.41) is 12.9. The van der Waals surface area contributed by atoms with Gasteiger partial charge < -0.3 is 20.1 Å². The van der Waals surface area contributed by atoms with Gasteiger partial charge in [-0.2, -0.15) is 0 Å². The predicted molar refractivity (Wildman–Crippen MR) is 129 cm³/mol. The Hall–Kier alpha value is -3.35. The van der Waals surface area contributed by atoms with Crippen LogP contribution in [0, 0.1) is 5.92 Å². The molecule has 2 saturated carbocycles. The Morgan fingerprint density at radius 2 is 1.54 bits per heavy atom. The smallest absolute Gasteiger partial charge is 0.408 e. The molecule has 3 aliphatic carbocycles. The van der Waals surface area contributed by atoms with Crippen molar-refractivity contribution < 1.29 is 24.2 Å². The second-order valence-corrected chi connectivity index (χ2v) is 10.6. The number of alkyl carbamates (subject to hydrolysis) is 1. The molecule has 5 aliphatic rings. The Morgan fingerprint density at radius 1 is 0.943 bits per heavy atom. The summed E-state index contributed by atoms with van der Waals surface area (Å²) in [6.45, 7) is 0.633. The molecule has 2 aromatic rings.